The van der Waals surface area contributed by atoms with Gasteiger partial charge in [-0.05, 0) is 30.7 Å². The zero-order chi connectivity index (χ0) is 14.7. The third-order valence-corrected chi connectivity index (χ3v) is 3.85. The van der Waals surface area contributed by atoms with E-state index in [0.717, 1.165) is 0 Å². The second kappa shape index (κ2) is 5.96. The number of carbonyl (C=O) groups excluding carboxylic acids is 2. The molecule has 0 aromatic heterocycles. The normalized spacial score (nSPS) is 14.4. The van der Waals surface area contributed by atoms with E-state index in [4.69, 9.17) is 5.11 Å². The Morgan fingerprint density at radius 3 is 2.75 bits per heavy atom. The molecule has 0 atom stereocenters. The number of carboxylic acid groups (broad SMARTS) is 1. The van der Waals surface area contributed by atoms with E-state index in [2.05, 4.69) is 5.32 Å². The van der Waals surface area contributed by atoms with Crippen LogP contribution in [0.25, 0.3) is 0 Å². The molecule has 1 heterocycles. The minimum atomic E-state index is -1.01. The van der Waals surface area contributed by atoms with E-state index in [0.29, 0.717) is 22.9 Å². The van der Waals surface area contributed by atoms with Crippen molar-refractivity contribution in [3.8, 4) is 0 Å². The molecular weight excluding hydrogens is 280 g/mol. The number of hydrogen-bond donors (Lipinski definition) is 2. The number of thioether (sulfide) groups is 1. The summed E-state index contributed by atoms with van der Waals surface area (Å²) in [4.78, 5) is 35.6. The van der Waals surface area contributed by atoms with Gasteiger partial charge in [-0.25, -0.2) is 4.79 Å². The topological polar surface area (TPSA) is 86.7 Å². The van der Waals surface area contributed by atoms with Crippen LogP contribution in [-0.4, -0.2) is 46.0 Å². The van der Waals surface area contributed by atoms with Gasteiger partial charge in [0.2, 0.25) is 11.8 Å². The molecule has 0 aliphatic carbocycles. The Morgan fingerprint density at radius 1 is 1.45 bits per heavy atom. The molecule has 1 aromatic carbocycles. The Labute approximate surface area is 120 Å². The fraction of sp³-hybridized carbons (Fsp3) is 0.308. The highest BCUT2D eigenvalue weighted by Gasteiger charge is 2.23. The average Bonchev–Trinajstić information content (AvgIpc) is 2.77. The van der Waals surface area contributed by atoms with Gasteiger partial charge in [-0.3, -0.25) is 9.59 Å². The molecule has 106 valence electrons. The number of anilines is 1. The molecule has 2 N–H and O–H groups in total. The predicted octanol–water partition coefficient (Wildman–Crippen LogP) is 1.16. The summed E-state index contributed by atoms with van der Waals surface area (Å²) in [5.74, 6) is -0.385. The highest BCUT2D eigenvalue weighted by atomic mass is 32.2. The van der Waals surface area contributed by atoms with Crippen molar-refractivity contribution in [1.82, 2.24) is 4.90 Å². The number of benzene rings is 1. The number of aryl methyl sites for hydroxylation is 1. The van der Waals surface area contributed by atoms with Crippen LogP contribution in [0.15, 0.2) is 18.2 Å². The lowest BCUT2D eigenvalue weighted by molar-refractivity contribution is -0.130. The summed E-state index contributed by atoms with van der Waals surface area (Å²) in [5, 5.41) is 11.6. The minimum absolute atomic E-state index is 0.0198. The van der Waals surface area contributed by atoms with E-state index in [1.807, 2.05) is 0 Å². The zero-order valence-electron chi connectivity index (χ0n) is 10.9. The van der Waals surface area contributed by atoms with Crippen LogP contribution in [0.4, 0.5) is 5.69 Å². The van der Waals surface area contributed by atoms with E-state index < -0.39 is 5.97 Å². The van der Waals surface area contributed by atoms with Gasteiger partial charge in [0.1, 0.15) is 6.54 Å². The molecule has 1 aliphatic heterocycles. The molecule has 0 radical (unpaired) electrons. The molecule has 0 spiro atoms. The molecule has 1 aliphatic rings. The van der Waals surface area contributed by atoms with E-state index in [1.54, 1.807) is 13.0 Å². The van der Waals surface area contributed by atoms with Gasteiger partial charge < -0.3 is 15.3 Å². The maximum atomic E-state index is 11.9. The van der Waals surface area contributed by atoms with Crippen molar-refractivity contribution in [3.63, 3.8) is 0 Å². The molecular formula is C13H14N2O4S. The van der Waals surface area contributed by atoms with Crippen LogP contribution in [0, 0.1) is 6.92 Å². The Kier molecular flexibility index (Phi) is 4.29. The highest BCUT2D eigenvalue weighted by molar-refractivity contribution is 8.00. The largest absolute Gasteiger partial charge is 0.478 e. The third-order valence-electron chi connectivity index (χ3n) is 2.91. The van der Waals surface area contributed by atoms with Crippen LogP contribution in [0.2, 0.25) is 0 Å². The molecule has 0 saturated carbocycles. The first-order valence-corrected chi connectivity index (χ1v) is 7.12. The summed E-state index contributed by atoms with van der Waals surface area (Å²) in [6.45, 7) is 1.74. The predicted molar refractivity (Wildman–Crippen MR) is 75.8 cm³/mol. The molecule has 2 amide bonds. The monoisotopic (exact) mass is 294 g/mol. The van der Waals surface area contributed by atoms with Crippen molar-refractivity contribution >= 4 is 35.2 Å². The molecule has 1 aromatic rings. The van der Waals surface area contributed by atoms with Crippen molar-refractivity contribution in [3.05, 3.63) is 29.3 Å². The highest BCUT2D eigenvalue weighted by Crippen LogP contribution is 2.18. The number of aromatic carboxylic acids is 1. The summed E-state index contributed by atoms with van der Waals surface area (Å²) >= 11 is 1.48. The van der Waals surface area contributed by atoms with E-state index in [1.165, 1.54) is 28.8 Å². The number of carbonyl (C=O) groups is 3. The number of nitrogens with one attached hydrogen (secondary N) is 1. The number of hydrogen-bond acceptors (Lipinski definition) is 4. The van der Waals surface area contributed by atoms with Crippen molar-refractivity contribution in [2.75, 3.05) is 23.5 Å². The Hall–Kier alpha value is -2.02. The molecule has 0 bridgehead atoms. The molecule has 1 fully saturated rings. The van der Waals surface area contributed by atoms with Crippen molar-refractivity contribution in [2.24, 2.45) is 0 Å². The van der Waals surface area contributed by atoms with Crippen LogP contribution in [0.5, 0.6) is 0 Å². The number of amides is 2. The summed E-state index contributed by atoms with van der Waals surface area (Å²) in [6, 6.07) is 4.48. The first-order valence-electron chi connectivity index (χ1n) is 5.96. The van der Waals surface area contributed by atoms with Crippen LogP contribution < -0.4 is 5.32 Å². The van der Waals surface area contributed by atoms with E-state index in [-0.39, 0.29) is 23.9 Å². The Balaban J connectivity index is 2.00. The second-order valence-electron chi connectivity index (χ2n) is 4.45. The molecule has 20 heavy (non-hydrogen) atoms. The molecule has 0 unspecified atom stereocenters. The second-order valence-corrected chi connectivity index (χ2v) is 5.41. The van der Waals surface area contributed by atoms with Gasteiger partial charge in [-0.2, -0.15) is 0 Å². The van der Waals surface area contributed by atoms with Gasteiger partial charge in [0.15, 0.2) is 0 Å². The van der Waals surface area contributed by atoms with Gasteiger partial charge in [-0.15, -0.1) is 11.8 Å². The number of nitrogens with zero attached hydrogens (tertiary/aromatic N) is 1. The van der Waals surface area contributed by atoms with Gasteiger partial charge in [0.25, 0.3) is 0 Å². The van der Waals surface area contributed by atoms with Crippen molar-refractivity contribution in [2.45, 2.75) is 6.92 Å². The molecule has 7 heteroatoms. The maximum Gasteiger partial charge on any atom is 0.335 e. The summed E-state index contributed by atoms with van der Waals surface area (Å²) in [6.07, 6.45) is 0. The van der Waals surface area contributed by atoms with Crippen molar-refractivity contribution in [1.29, 1.82) is 0 Å². The molecule has 1 saturated heterocycles. The lowest BCUT2D eigenvalue weighted by Crippen LogP contribution is -2.34. The molecule has 2 rings (SSSR count). The first-order chi connectivity index (χ1) is 9.47. The lowest BCUT2D eigenvalue weighted by Gasteiger charge is -2.15. The lowest BCUT2D eigenvalue weighted by atomic mass is 10.1. The van der Waals surface area contributed by atoms with Gasteiger partial charge in [0.05, 0.1) is 17.2 Å². The summed E-state index contributed by atoms with van der Waals surface area (Å²) < 4.78 is 0. The van der Waals surface area contributed by atoms with Gasteiger partial charge in [0, 0.05) is 5.69 Å². The fourth-order valence-corrected chi connectivity index (χ4v) is 2.74. The first kappa shape index (κ1) is 14.4. The number of carboxylic acids is 1. The summed E-state index contributed by atoms with van der Waals surface area (Å²) in [5.41, 5.74) is 1.39. The van der Waals surface area contributed by atoms with Crippen molar-refractivity contribution < 1.29 is 19.5 Å². The van der Waals surface area contributed by atoms with Gasteiger partial charge in [-0.1, -0.05) is 0 Å². The maximum absolute atomic E-state index is 11.9. The SMILES string of the molecule is Cc1cc(C(=O)O)ccc1NC(=O)CN1CSCC1=O. The minimum Gasteiger partial charge on any atom is -0.478 e. The Morgan fingerprint density at radius 2 is 2.20 bits per heavy atom. The van der Waals surface area contributed by atoms with Gasteiger partial charge >= 0.3 is 5.97 Å². The van der Waals surface area contributed by atoms with Crippen LogP contribution >= 0.6 is 11.8 Å². The van der Waals surface area contributed by atoms with E-state index >= 15 is 0 Å². The standard InChI is InChI=1S/C13H14N2O4S/c1-8-4-9(13(18)19)2-3-10(8)14-11(16)5-15-7-20-6-12(15)17/h2-4H,5-7H2,1H3,(H,14,16)(H,18,19). The smallest absolute Gasteiger partial charge is 0.335 e. The molecule has 6 nitrogen and oxygen atoms in total. The number of rotatable bonds is 4. The quantitative estimate of drug-likeness (QED) is 0.870. The fourth-order valence-electron chi connectivity index (χ4n) is 1.84. The summed E-state index contributed by atoms with van der Waals surface area (Å²) in [7, 11) is 0. The average molecular weight is 294 g/mol. The Bertz CT molecular complexity index is 573. The zero-order valence-corrected chi connectivity index (χ0v) is 11.7. The van der Waals surface area contributed by atoms with Crippen LogP contribution in [0.1, 0.15) is 15.9 Å². The van der Waals surface area contributed by atoms with Crippen LogP contribution in [0.3, 0.4) is 0 Å². The van der Waals surface area contributed by atoms with E-state index in [9.17, 15) is 14.4 Å². The third kappa shape index (κ3) is 3.30. The van der Waals surface area contributed by atoms with Crippen LogP contribution in [-0.2, 0) is 9.59 Å².